The van der Waals surface area contributed by atoms with Crippen LogP contribution in [0.2, 0.25) is 0 Å². The van der Waals surface area contributed by atoms with E-state index in [0.29, 0.717) is 11.7 Å². The Morgan fingerprint density at radius 3 is 2.84 bits per heavy atom. The van der Waals surface area contributed by atoms with E-state index in [0.717, 1.165) is 16.3 Å². The highest BCUT2D eigenvalue weighted by Crippen LogP contribution is 2.23. The summed E-state index contributed by atoms with van der Waals surface area (Å²) in [6.07, 6.45) is 0. The second-order valence-electron chi connectivity index (χ2n) is 5.18. The van der Waals surface area contributed by atoms with Gasteiger partial charge < -0.3 is 10.1 Å². The molecule has 0 aliphatic rings. The molecule has 0 aliphatic heterocycles. The molecule has 2 aromatic heterocycles. The van der Waals surface area contributed by atoms with Crippen LogP contribution in [0.25, 0.3) is 0 Å². The average molecular weight is 375 g/mol. The lowest BCUT2D eigenvalue weighted by atomic mass is 10.3. The molecule has 9 heteroatoms. The van der Waals surface area contributed by atoms with Gasteiger partial charge in [0.05, 0.1) is 18.9 Å². The van der Waals surface area contributed by atoms with Crippen LogP contribution in [0.5, 0.6) is 5.75 Å². The molecule has 0 fully saturated rings. The zero-order valence-electron chi connectivity index (χ0n) is 13.7. The van der Waals surface area contributed by atoms with Crippen molar-refractivity contribution < 1.29 is 9.53 Å². The van der Waals surface area contributed by atoms with Crippen LogP contribution < -0.4 is 10.1 Å². The van der Waals surface area contributed by atoms with Crippen molar-refractivity contribution in [3.05, 3.63) is 46.7 Å². The number of thiophene rings is 1. The molecule has 1 amide bonds. The minimum absolute atomic E-state index is 0.110. The number of amides is 1. The minimum atomic E-state index is -0.338. The lowest BCUT2D eigenvalue weighted by Crippen LogP contribution is -2.23. The highest BCUT2D eigenvalue weighted by atomic mass is 32.2. The number of anilines is 1. The quantitative estimate of drug-likeness (QED) is 0.640. The Bertz CT molecular complexity index is 817. The molecule has 0 saturated heterocycles. The summed E-state index contributed by atoms with van der Waals surface area (Å²) in [5, 5.41) is 16.9. The van der Waals surface area contributed by atoms with Crippen LogP contribution in [0.15, 0.2) is 46.9 Å². The Labute approximate surface area is 153 Å². The number of tetrazole rings is 1. The first-order valence-corrected chi connectivity index (χ1v) is 9.32. The third-order valence-corrected chi connectivity index (χ3v) is 5.33. The number of rotatable bonds is 7. The topological polar surface area (TPSA) is 81.9 Å². The second kappa shape index (κ2) is 8.13. The summed E-state index contributed by atoms with van der Waals surface area (Å²) in [5.41, 5.74) is 0.719. The van der Waals surface area contributed by atoms with Crippen LogP contribution in [0.1, 0.15) is 11.8 Å². The van der Waals surface area contributed by atoms with Gasteiger partial charge in [-0.15, -0.1) is 16.4 Å². The van der Waals surface area contributed by atoms with Gasteiger partial charge >= 0.3 is 0 Å². The molecule has 0 spiro atoms. The highest BCUT2D eigenvalue weighted by Gasteiger charge is 2.19. The van der Waals surface area contributed by atoms with E-state index in [1.807, 2.05) is 24.4 Å². The number of aromatic nitrogens is 4. The van der Waals surface area contributed by atoms with Crippen molar-refractivity contribution in [1.29, 1.82) is 0 Å². The van der Waals surface area contributed by atoms with E-state index in [9.17, 15) is 4.79 Å². The number of nitrogens with zero attached hydrogens (tertiary/aromatic N) is 4. The minimum Gasteiger partial charge on any atom is -0.497 e. The number of methoxy groups -OCH3 is 1. The van der Waals surface area contributed by atoms with Gasteiger partial charge in [0.1, 0.15) is 5.75 Å². The van der Waals surface area contributed by atoms with Crippen molar-refractivity contribution in [2.45, 2.75) is 23.9 Å². The first kappa shape index (κ1) is 17.4. The van der Waals surface area contributed by atoms with E-state index >= 15 is 0 Å². The molecule has 0 saturated carbocycles. The van der Waals surface area contributed by atoms with Gasteiger partial charge in [0, 0.05) is 10.6 Å². The molecule has 2 heterocycles. The predicted octanol–water partition coefficient (Wildman–Crippen LogP) is 2.91. The molecular weight excluding hydrogens is 358 g/mol. The first-order valence-electron chi connectivity index (χ1n) is 7.56. The molecule has 0 aliphatic carbocycles. The van der Waals surface area contributed by atoms with E-state index in [-0.39, 0.29) is 11.2 Å². The number of hydrogen-bond acceptors (Lipinski definition) is 7. The zero-order chi connectivity index (χ0) is 17.6. The molecule has 7 nitrogen and oxygen atoms in total. The molecule has 3 rings (SSSR count). The summed E-state index contributed by atoms with van der Waals surface area (Å²) < 4.78 is 6.81. The molecule has 1 N–H and O–H groups in total. The number of hydrogen-bond donors (Lipinski definition) is 1. The molecule has 1 unspecified atom stereocenters. The third kappa shape index (κ3) is 4.58. The fourth-order valence-corrected chi connectivity index (χ4v) is 3.53. The van der Waals surface area contributed by atoms with Crippen LogP contribution in [0, 0.1) is 0 Å². The molecule has 130 valence electrons. The Balaban J connectivity index is 1.60. The van der Waals surface area contributed by atoms with Crippen molar-refractivity contribution in [3.63, 3.8) is 0 Å². The molecule has 1 aromatic carbocycles. The van der Waals surface area contributed by atoms with E-state index < -0.39 is 0 Å². The maximum Gasteiger partial charge on any atom is 0.237 e. The maximum absolute atomic E-state index is 12.4. The van der Waals surface area contributed by atoms with Gasteiger partial charge in [0.2, 0.25) is 11.1 Å². The van der Waals surface area contributed by atoms with Crippen LogP contribution in [-0.2, 0) is 11.3 Å². The Morgan fingerprint density at radius 2 is 2.16 bits per heavy atom. The molecule has 0 radical (unpaired) electrons. The number of ether oxygens (including phenoxy) is 1. The van der Waals surface area contributed by atoms with E-state index in [1.165, 1.54) is 11.8 Å². The summed E-state index contributed by atoms with van der Waals surface area (Å²) in [7, 11) is 1.60. The smallest absolute Gasteiger partial charge is 0.237 e. The summed E-state index contributed by atoms with van der Waals surface area (Å²) in [5.74, 6) is 0.633. The lowest BCUT2D eigenvalue weighted by molar-refractivity contribution is -0.115. The summed E-state index contributed by atoms with van der Waals surface area (Å²) in [4.78, 5) is 13.5. The van der Waals surface area contributed by atoms with Crippen LogP contribution >= 0.6 is 23.1 Å². The Morgan fingerprint density at radius 1 is 1.36 bits per heavy atom. The molecule has 3 aromatic rings. The number of carbonyl (C=O) groups excluding carboxylic acids is 1. The van der Waals surface area contributed by atoms with Crippen LogP contribution in [-0.4, -0.2) is 38.5 Å². The van der Waals surface area contributed by atoms with Crippen molar-refractivity contribution >= 4 is 34.7 Å². The molecule has 1 atom stereocenters. The SMILES string of the molecule is COc1ccc(NC(=O)C(C)Sc2nnnn2Cc2cccs2)cc1. The maximum atomic E-state index is 12.4. The summed E-state index contributed by atoms with van der Waals surface area (Å²) in [6, 6.07) is 11.2. The fraction of sp³-hybridized carbons (Fsp3) is 0.250. The van der Waals surface area contributed by atoms with Gasteiger partial charge in [-0.1, -0.05) is 17.8 Å². The van der Waals surface area contributed by atoms with Crippen molar-refractivity contribution in [3.8, 4) is 5.75 Å². The Hall–Kier alpha value is -2.39. The molecule has 0 bridgehead atoms. The van der Waals surface area contributed by atoms with Crippen LogP contribution in [0.3, 0.4) is 0 Å². The van der Waals surface area contributed by atoms with Crippen LogP contribution in [0.4, 0.5) is 5.69 Å². The normalized spacial score (nSPS) is 11.9. The van der Waals surface area contributed by atoms with Gasteiger partial charge in [-0.3, -0.25) is 4.79 Å². The standard InChI is InChI=1S/C16H17N5O2S2/c1-11(15(22)17-12-5-7-13(23-2)8-6-12)25-16-18-19-20-21(16)10-14-4-3-9-24-14/h3-9,11H,10H2,1-2H3,(H,17,22). The van der Waals surface area contributed by atoms with Crippen molar-refractivity contribution in [2.24, 2.45) is 0 Å². The second-order valence-corrected chi connectivity index (χ2v) is 7.52. The number of benzene rings is 1. The van der Waals surface area contributed by atoms with Crippen molar-refractivity contribution in [2.75, 3.05) is 12.4 Å². The Kier molecular flexibility index (Phi) is 5.67. The molecule has 25 heavy (non-hydrogen) atoms. The van der Waals surface area contributed by atoms with Crippen molar-refractivity contribution in [1.82, 2.24) is 20.2 Å². The zero-order valence-corrected chi connectivity index (χ0v) is 15.4. The van der Waals surface area contributed by atoms with Gasteiger partial charge in [-0.25, -0.2) is 4.68 Å². The average Bonchev–Trinajstić information content (AvgIpc) is 3.28. The van der Waals surface area contributed by atoms with E-state index in [1.54, 1.807) is 47.4 Å². The van der Waals surface area contributed by atoms with E-state index in [4.69, 9.17) is 4.74 Å². The highest BCUT2D eigenvalue weighted by molar-refractivity contribution is 8.00. The summed E-state index contributed by atoms with van der Waals surface area (Å²) >= 11 is 2.97. The number of nitrogens with one attached hydrogen (secondary N) is 1. The number of carbonyl (C=O) groups is 1. The number of thioether (sulfide) groups is 1. The largest absolute Gasteiger partial charge is 0.497 e. The van der Waals surface area contributed by atoms with Gasteiger partial charge in [-0.05, 0) is 53.1 Å². The summed E-state index contributed by atoms with van der Waals surface area (Å²) in [6.45, 7) is 2.42. The predicted molar refractivity (Wildman–Crippen MR) is 98.2 cm³/mol. The molecular formula is C16H17N5O2S2. The van der Waals surface area contributed by atoms with Gasteiger partial charge in [-0.2, -0.15) is 0 Å². The first-order chi connectivity index (χ1) is 12.2. The van der Waals surface area contributed by atoms with Gasteiger partial charge in [0.15, 0.2) is 0 Å². The third-order valence-electron chi connectivity index (χ3n) is 3.39. The fourth-order valence-electron chi connectivity index (χ4n) is 2.06. The lowest BCUT2D eigenvalue weighted by Gasteiger charge is -2.12. The van der Waals surface area contributed by atoms with E-state index in [2.05, 4.69) is 20.8 Å². The van der Waals surface area contributed by atoms with Gasteiger partial charge in [0.25, 0.3) is 0 Å². The monoisotopic (exact) mass is 375 g/mol.